The Balaban J connectivity index is 1.59. The Morgan fingerprint density at radius 2 is 1.90 bits per heavy atom. The van der Waals surface area contributed by atoms with Crippen LogP contribution >= 0.6 is 0 Å². The molecule has 4 aromatic rings. The molecule has 7 heteroatoms. The molecule has 0 amide bonds. The number of aryl methyl sites for hydroxylation is 1. The van der Waals surface area contributed by atoms with Crippen LogP contribution in [-0.4, -0.2) is 26.8 Å². The normalized spacial score (nSPS) is 14.5. The van der Waals surface area contributed by atoms with Gasteiger partial charge in [0.15, 0.2) is 0 Å². The highest BCUT2D eigenvalue weighted by Crippen LogP contribution is 2.33. The fourth-order valence-electron chi connectivity index (χ4n) is 4.26. The molecule has 0 radical (unpaired) electrons. The topological polar surface area (TPSA) is 83.0 Å². The van der Waals surface area contributed by atoms with Crippen molar-refractivity contribution in [3.8, 4) is 28.6 Å². The first-order valence-electron chi connectivity index (χ1n) is 10.2. The number of aromatic nitrogens is 4. The van der Waals surface area contributed by atoms with Crippen molar-refractivity contribution < 1.29 is 9.26 Å². The second kappa shape index (κ2) is 7.40. The first kappa shape index (κ1) is 18.5. The van der Waals surface area contributed by atoms with Crippen molar-refractivity contribution in [3.05, 3.63) is 58.5 Å². The minimum atomic E-state index is 0.000157. The van der Waals surface area contributed by atoms with Gasteiger partial charge in [0.1, 0.15) is 11.4 Å². The molecule has 1 aliphatic rings. The van der Waals surface area contributed by atoms with Gasteiger partial charge in [-0.3, -0.25) is 4.79 Å². The Hall–Kier alpha value is -3.48. The molecule has 7 nitrogen and oxygen atoms in total. The fourth-order valence-corrected chi connectivity index (χ4v) is 4.26. The predicted octanol–water partition coefficient (Wildman–Crippen LogP) is 4.55. The van der Waals surface area contributed by atoms with Gasteiger partial charge >= 0.3 is 0 Å². The summed E-state index contributed by atoms with van der Waals surface area (Å²) in [5.74, 6) is 1.53. The lowest BCUT2D eigenvalue weighted by atomic mass is 10.1. The van der Waals surface area contributed by atoms with Crippen molar-refractivity contribution in [2.24, 2.45) is 0 Å². The van der Waals surface area contributed by atoms with E-state index >= 15 is 0 Å². The van der Waals surface area contributed by atoms with E-state index in [0.29, 0.717) is 23.2 Å². The number of benzene rings is 2. The molecule has 0 N–H and O–H groups in total. The number of hydrogen-bond donors (Lipinski definition) is 0. The zero-order valence-electron chi connectivity index (χ0n) is 17.0. The van der Waals surface area contributed by atoms with Gasteiger partial charge in [0.25, 0.3) is 11.4 Å². The first-order chi connectivity index (χ1) is 14.7. The highest BCUT2D eigenvalue weighted by molar-refractivity contribution is 5.80. The van der Waals surface area contributed by atoms with Gasteiger partial charge in [0, 0.05) is 11.6 Å². The highest BCUT2D eigenvalue weighted by Gasteiger charge is 2.22. The number of rotatable bonds is 4. The van der Waals surface area contributed by atoms with E-state index in [-0.39, 0.29) is 11.6 Å². The summed E-state index contributed by atoms with van der Waals surface area (Å²) in [7, 11) is 1.61. The zero-order valence-corrected chi connectivity index (χ0v) is 17.0. The number of nitrogens with zero attached hydrogens (tertiary/aromatic N) is 4. The first-order valence-corrected chi connectivity index (χ1v) is 10.2. The van der Waals surface area contributed by atoms with Crippen molar-refractivity contribution in [1.82, 2.24) is 19.7 Å². The number of hydrogen-bond acceptors (Lipinski definition) is 6. The molecule has 2 aromatic carbocycles. The molecule has 2 aromatic heterocycles. The lowest BCUT2D eigenvalue weighted by Crippen LogP contribution is -2.26. The van der Waals surface area contributed by atoms with E-state index < -0.39 is 0 Å². The summed E-state index contributed by atoms with van der Waals surface area (Å²) in [5, 5.41) is 4.15. The second-order valence-corrected chi connectivity index (χ2v) is 7.64. The highest BCUT2D eigenvalue weighted by atomic mass is 16.5. The van der Waals surface area contributed by atoms with Crippen molar-refractivity contribution in [2.75, 3.05) is 7.11 Å². The molecule has 0 unspecified atom stereocenters. The average molecular weight is 402 g/mol. The molecular formula is C23H22N4O3. The minimum absolute atomic E-state index is 0.000157. The average Bonchev–Trinajstić information content (AvgIpc) is 3.47. The maximum Gasteiger partial charge on any atom is 0.272 e. The Morgan fingerprint density at radius 1 is 1.10 bits per heavy atom. The monoisotopic (exact) mass is 402 g/mol. The van der Waals surface area contributed by atoms with Gasteiger partial charge in [-0.1, -0.05) is 30.1 Å². The summed E-state index contributed by atoms with van der Waals surface area (Å²) in [6, 6.07) is 13.5. The summed E-state index contributed by atoms with van der Waals surface area (Å²) in [6.45, 7) is 1.77. The molecule has 2 heterocycles. The standard InChI is InChI=1S/C23H22N4O3/c1-14-23(28)27(16-7-3-4-8-16)19-12-11-15(13-18(19)24-14)21-25-22(30-26-21)17-9-5-6-10-20(17)29-2/h5-6,9-13,16H,3-4,7-8H2,1-2H3. The number of para-hydroxylation sites is 1. The molecule has 1 saturated carbocycles. The summed E-state index contributed by atoms with van der Waals surface area (Å²) >= 11 is 0. The van der Waals surface area contributed by atoms with E-state index in [0.717, 1.165) is 47.8 Å². The molecule has 1 fully saturated rings. The quantitative estimate of drug-likeness (QED) is 0.498. The van der Waals surface area contributed by atoms with Crippen LogP contribution in [0.25, 0.3) is 33.9 Å². The Bertz CT molecular complexity index is 1290. The minimum Gasteiger partial charge on any atom is -0.496 e. The third-order valence-corrected chi connectivity index (χ3v) is 5.76. The number of ether oxygens (including phenoxy) is 1. The Labute approximate surface area is 173 Å². The zero-order chi connectivity index (χ0) is 20.7. The third kappa shape index (κ3) is 3.07. The summed E-state index contributed by atoms with van der Waals surface area (Å²) in [5.41, 5.74) is 3.66. The van der Waals surface area contributed by atoms with Gasteiger partial charge in [0.2, 0.25) is 5.82 Å². The van der Waals surface area contributed by atoms with Gasteiger partial charge in [-0.25, -0.2) is 4.98 Å². The molecule has 0 atom stereocenters. The molecule has 0 spiro atoms. The molecule has 30 heavy (non-hydrogen) atoms. The maximum absolute atomic E-state index is 12.8. The lowest BCUT2D eigenvalue weighted by Gasteiger charge is -2.17. The summed E-state index contributed by atoms with van der Waals surface area (Å²) < 4.78 is 12.8. The molecular weight excluding hydrogens is 380 g/mol. The summed E-state index contributed by atoms with van der Waals surface area (Å²) in [6.07, 6.45) is 4.39. The van der Waals surface area contributed by atoms with Crippen LogP contribution in [0.3, 0.4) is 0 Å². The van der Waals surface area contributed by atoms with E-state index in [1.54, 1.807) is 14.0 Å². The predicted molar refractivity (Wildman–Crippen MR) is 114 cm³/mol. The van der Waals surface area contributed by atoms with E-state index in [1.807, 2.05) is 47.0 Å². The van der Waals surface area contributed by atoms with Crippen LogP contribution in [0.5, 0.6) is 5.75 Å². The van der Waals surface area contributed by atoms with Gasteiger partial charge < -0.3 is 13.8 Å². The SMILES string of the molecule is COc1ccccc1-c1nc(-c2ccc3c(c2)nc(C)c(=O)n3C2CCCC2)no1. The van der Waals surface area contributed by atoms with Crippen LogP contribution in [0.15, 0.2) is 51.8 Å². The molecule has 152 valence electrons. The van der Waals surface area contributed by atoms with Crippen molar-refractivity contribution in [3.63, 3.8) is 0 Å². The van der Waals surface area contributed by atoms with Crippen LogP contribution in [-0.2, 0) is 0 Å². The van der Waals surface area contributed by atoms with Crippen molar-refractivity contribution >= 4 is 11.0 Å². The number of methoxy groups -OCH3 is 1. The van der Waals surface area contributed by atoms with Gasteiger partial charge in [-0.05, 0) is 50.1 Å². The van der Waals surface area contributed by atoms with E-state index in [9.17, 15) is 4.79 Å². The van der Waals surface area contributed by atoms with Crippen LogP contribution in [0.2, 0.25) is 0 Å². The molecule has 0 bridgehead atoms. The van der Waals surface area contributed by atoms with Crippen LogP contribution in [0.4, 0.5) is 0 Å². The maximum atomic E-state index is 12.8. The number of fused-ring (bicyclic) bond motifs is 1. The van der Waals surface area contributed by atoms with Crippen molar-refractivity contribution in [2.45, 2.75) is 38.6 Å². The Morgan fingerprint density at radius 3 is 2.70 bits per heavy atom. The Kier molecular flexibility index (Phi) is 4.58. The third-order valence-electron chi connectivity index (χ3n) is 5.76. The van der Waals surface area contributed by atoms with Crippen LogP contribution in [0.1, 0.15) is 37.4 Å². The molecule has 5 rings (SSSR count). The molecule has 0 aliphatic heterocycles. The van der Waals surface area contributed by atoms with Crippen LogP contribution in [0, 0.1) is 6.92 Å². The molecule has 0 saturated heterocycles. The molecule has 1 aliphatic carbocycles. The summed E-state index contributed by atoms with van der Waals surface area (Å²) in [4.78, 5) is 21.9. The van der Waals surface area contributed by atoms with E-state index in [2.05, 4.69) is 15.1 Å². The van der Waals surface area contributed by atoms with E-state index in [4.69, 9.17) is 9.26 Å². The largest absolute Gasteiger partial charge is 0.496 e. The van der Waals surface area contributed by atoms with Gasteiger partial charge in [-0.2, -0.15) is 4.98 Å². The van der Waals surface area contributed by atoms with Gasteiger partial charge in [-0.15, -0.1) is 0 Å². The van der Waals surface area contributed by atoms with Gasteiger partial charge in [0.05, 0.1) is 23.7 Å². The fraction of sp³-hybridized carbons (Fsp3) is 0.304. The second-order valence-electron chi connectivity index (χ2n) is 7.64. The van der Waals surface area contributed by atoms with Crippen LogP contribution < -0.4 is 10.3 Å². The van der Waals surface area contributed by atoms with E-state index in [1.165, 1.54) is 0 Å². The smallest absolute Gasteiger partial charge is 0.272 e. The lowest BCUT2D eigenvalue weighted by molar-refractivity contribution is 0.405. The van der Waals surface area contributed by atoms with Crippen molar-refractivity contribution in [1.29, 1.82) is 0 Å².